The average Bonchev–Trinajstić information content (AvgIpc) is 3.45. The molecule has 2 aromatic rings. The van der Waals surface area contributed by atoms with Crippen LogP contribution >= 0.6 is 27.7 Å². The summed E-state index contributed by atoms with van der Waals surface area (Å²) in [5, 5.41) is 4.20. The van der Waals surface area contributed by atoms with E-state index in [9.17, 15) is 9.59 Å². The van der Waals surface area contributed by atoms with Crippen molar-refractivity contribution in [2.45, 2.75) is 50.7 Å². The minimum absolute atomic E-state index is 0.00663. The maximum Gasteiger partial charge on any atom is 0.262 e. The van der Waals surface area contributed by atoms with Gasteiger partial charge in [-0.3, -0.25) is 14.2 Å². The standard InChI is InChI=1S/C19H24BrN3O2S/c1-2-3-4-9-23-18(25)15-10-14(20)7-8-16(15)22-19(23)26-12-17(24)21-11-13-5-6-13/h7-8,10,13H,2-6,9,11-12H2,1H3,(H,21,24). The third kappa shape index (κ3) is 5.10. The van der Waals surface area contributed by atoms with Crippen molar-refractivity contribution in [3.8, 4) is 0 Å². The van der Waals surface area contributed by atoms with E-state index in [-0.39, 0.29) is 17.2 Å². The molecule has 1 amide bonds. The second kappa shape index (κ2) is 9.04. The molecule has 7 heteroatoms. The molecule has 1 aliphatic rings. The molecule has 1 fully saturated rings. The number of amides is 1. The predicted octanol–water partition coefficient (Wildman–Crippen LogP) is 3.97. The molecule has 0 bridgehead atoms. The Labute approximate surface area is 166 Å². The zero-order chi connectivity index (χ0) is 18.5. The number of carbonyl (C=O) groups excluding carboxylic acids is 1. The topological polar surface area (TPSA) is 64.0 Å². The van der Waals surface area contributed by atoms with Gasteiger partial charge in [0.25, 0.3) is 5.56 Å². The molecule has 0 aliphatic heterocycles. The molecular formula is C19H24BrN3O2S. The van der Waals surface area contributed by atoms with Crippen molar-refractivity contribution in [2.75, 3.05) is 12.3 Å². The van der Waals surface area contributed by atoms with Crippen LogP contribution in [0.3, 0.4) is 0 Å². The number of nitrogens with zero attached hydrogens (tertiary/aromatic N) is 2. The summed E-state index contributed by atoms with van der Waals surface area (Å²) in [5.41, 5.74) is 0.638. The second-order valence-electron chi connectivity index (χ2n) is 6.76. The van der Waals surface area contributed by atoms with Gasteiger partial charge in [-0.25, -0.2) is 4.98 Å². The summed E-state index contributed by atoms with van der Waals surface area (Å²) in [6, 6.07) is 5.54. The van der Waals surface area contributed by atoms with E-state index in [0.717, 1.165) is 30.3 Å². The molecule has 1 N–H and O–H groups in total. The monoisotopic (exact) mass is 437 g/mol. The molecule has 0 saturated heterocycles. The van der Waals surface area contributed by atoms with E-state index < -0.39 is 0 Å². The van der Waals surface area contributed by atoms with Crippen LogP contribution in [-0.4, -0.2) is 27.8 Å². The van der Waals surface area contributed by atoms with Crippen molar-refractivity contribution in [3.05, 3.63) is 33.0 Å². The average molecular weight is 438 g/mol. The first kappa shape index (κ1) is 19.4. The number of nitrogens with one attached hydrogen (secondary N) is 1. The molecule has 26 heavy (non-hydrogen) atoms. The second-order valence-corrected chi connectivity index (χ2v) is 8.61. The van der Waals surface area contributed by atoms with Gasteiger partial charge in [0.05, 0.1) is 16.7 Å². The van der Waals surface area contributed by atoms with Crippen molar-refractivity contribution in [3.63, 3.8) is 0 Å². The minimum atomic E-state index is -0.0340. The Bertz CT molecular complexity index is 849. The van der Waals surface area contributed by atoms with Gasteiger partial charge in [-0.05, 0) is 43.4 Å². The summed E-state index contributed by atoms with van der Waals surface area (Å²) >= 11 is 4.77. The molecule has 3 rings (SSSR count). The zero-order valence-electron chi connectivity index (χ0n) is 15.0. The first-order chi connectivity index (χ1) is 12.6. The maximum atomic E-state index is 13.0. The molecule has 1 aromatic carbocycles. The zero-order valence-corrected chi connectivity index (χ0v) is 17.4. The molecule has 0 unspecified atom stereocenters. The van der Waals surface area contributed by atoms with Crippen LogP contribution in [-0.2, 0) is 11.3 Å². The van der Waals surface area contributed by atoms with Gasteiger partial charge in [0.15, 0.2) is 5.16 Å². The Morgan fingerprint density at radius 3 is 2.92 bits per heavy atom. The Morgan fingerprint density at radius 2 is 2.19 bits per heavy atom. The van der Waals surface area contributed by atoms with E-state index >= 15 is 0 Å². The molecule has 1 heterocycles. The van der Waals surface area contributed by atoms with Crippen LogP contribution in [0.2, 0.25) is 0 Å². The largest absolute Gasteiger partial charge is 0.355 e. The van der Waals surface area contributed by atoms with Crippen molar-refractivity contribution >= 4 is 44.5 Å². The highest BCUT2D eigenvalue weighted by Crippen LogP contribution is 2.27. The van der Waals surface area contributed by atoms with Crippen LogP contribution in [0.1, 0.15) is 39.0 Å². The predicted molar refractivity (Wildman–Crippen MR) is 110 cm³/mol. The summed E-state index contributed by atoms with van der Waals surface area (Å²) in [4.78, 5) is 29.7. The normalized spacial score (nSPS) is 13.9. The Kier molecular flexibility index (Phi) is 6.75. The smallest absolute Gasteiger partial charge is 0.262 e. The number of benzene rings is 1. The lowest BCUT2D eigenvalue weighted by Gasteiger charge is -2.13. The van der Waals surface area contributed by atoms with E-state index in [2.05, 4.69) is 33.2 Å². The molecule has 0 atom stereocenters. The van der Waals surface area contributed by atoms with Gasteiger partial charge in [0.1, 0.15) is 0 Å². The Morgan fingerprint density at radius 1 is 1.38 bits per heavy atom. The third-order valence-electron chi connectivity index (χ3n) is 4.48. The quantitative estimate of drug-likeness (QED) is 0.366. The number of halogens is 1. The van der Waals surface area contributed by atoms with E-state index in [0.29, 0.717) is 28.5 Å². The molecule has 1 saturated carbocycles. The fourth-order valence-electron chi connectivity index (χ4n) is 2.76. The lowest BCUT2D eigenvalue weighted by Crippen LogP contribution is -2.28. The SMILES string of the molecule is CCCCCn1c(SCC(=O)NCC2CC2)nc2ccc(Br)cc2c1=O. The molecule has 140 valence electrons. The fraction of sp³-hybridized carbons (Fsp3) is 0.526. The molecule has 1 aliphatic carbocycles. The fourth-order valence-corrected chi connectivity index (χ4v) is 3.98. The Balaban J connectivity index is 1.80. The van der Waals surface area contributed by atoms with Gasteiger partial charge in [-0.15, -0.1) is 0 Å². The van der Waals surface area contributed by atoms with Crippen molar-refractivity contribution in [2.24, 2.45) is 5.92 Å². The van der Waals surface area contributed by atoms with Crippen molar-refractivity contribution < 1.29 is 4.79 Å². The minimum Gasteiger partial charge on any atom is -0.355 e. The first-order valence-corrected chi connectivity index (χ1v) is 11.0. The van der Waals surface area contributed by atoms with Crippen molar-refractivity contribution in [1.82, 2.24) is 14.9 Å². The van der Waals surface area contributed by atoms with Crippen LogP contribution in [0.5, 0.6) is 0 Å². The number of hydrogen-bond donors (Lipinski definition) is 1. The number of rotatable bonds is 9. The molecule has 5 nitrogen and oxygen atoms in total. The molecule has 0 spiro atoms. The van der Waals surface area contributed by atoms with Crippen LogP contribution in [0.4, 0.5) is 0 Å². The number of hydrogen-bond acceptors (Lipinski definition) is 4. The number of carbonyl (C=O) groups is 1. The van der Waals surface area contributed by atoms with E-state index in [1.807, 2.05) is 18.2 Å². The number of aromatic nitrogens is 2. The van der Waals surface area contributed by atoms with Gasteiger partial charge < -0.3 is 5.32 Å². The van der Waals surface area contributed by atoms with Gasteiger partial charge in [0, 0.05) is 17.6 Å². The first-order valence-electron chi connectivity index (χ1n) is 9.18. The van der Waals surface area contributed by atoms with Gasteiger partial charge in [-0.2, -0.15) is 0 Å². The van der Waals surface area contributed by atoms with Crippen LogP contribution < -0.4 is 10.9 Å². The Hall–Kier alpha value is -1.34. The van der Waals surface area contributed by atoms with Crippen molar-refractivity contribution in [1.29, 1.82) is 0 Å². The van der Waals surface area contributed by atoms with E-state index in [1.165, 1.54) is 24.6 Å². The summed E-state index contributed by atoms with van der Waals surface area (Å²) < 4.78 is 2.59. The molecule has 0 radical (unpaired) electrons. The van der Waals surface area contributed by atoms with Gasteiger partial charge >= 0.3 is 0 Å². The van der Waals surface area contributed by atoms with Crippen LogP contribution in [0.25, 0.3) is 10.9 Å². The third-order valence-corrected chi connectivity index (χ3v) is 5.95. The summed E-state index contributed by atoms with van der Waals surface area (Å²) in [5.74, 6) is 0.954. The maximum absolute atomic E-state index is 13.0. The molecule has 1 aromatic heterocycles. The highest BCUT2D eigenvalue weighted by atomic mass is 79.9. The molecular weight excluding hydrogens is 414 g/mol. The summed E-state index contributed by atoms with van der Waals surface area (Å²) in [7, 11) is 0. The number of thioether (sulfide) groups is 1. The van der Waals surface area contributed by atoms with Crippen LogP contribution in [0.15, 0.2) is 32.6 Å². The lowest BCUT2D eigenvalue weighted by molar-refractivity contribution is -0.118. The summed E-state index contributed by atoms with van der Waals surface area (Å²) in [6.07, 6.45) is 5.51. The summed E-state index contributed by atoms with van der Waals surface area (Å²) in [6.45, 7) is 3.54. The van der Waals surface area contributed by atoms with E-state index in [4.69, 9.17) is 0 Å². The highest BCUT2D eigenvalue weighted by molar-refractivity contribution is 9.10. The van der Waals surface area contributed by atoms with Gasteiger partial charge in [0.2, 0.25) is 5.91 Å². The lowest BCUT2D eigenvalue weighted by atomic mass is 10.2. The van der Waals surface area contributed by atoms with Crippen LogP contribution in [0, 0.1) is 5.92 Å². The van der Waals surface area contributed by atoms with E-state index in [1.54, 1.807) is 4.57 Å². The number of fused-ring (bicyclic) bond motifs is 1. The van der Waals surface area contributed by atoms with Gasteiger partial charge in [-0.1, -0.05) is 47.5 Å². The highest BCUT2D eigenvalue weighted by Gasteiger charge is 2.21. The number of unbranched alkanes of at least 4 members (excludes halogenated alkanes) is 2.